The van der Waals surface area contributed by atoms with E-state index >= 15 is 0 Å². The number of aromatic nitrogens is 2. The fourth-order valence-electron chi connectivity index (χ4n) is 3.05. The summed E-state index contributed by atoms with van der Waals surface area (Å²) in [4.78, 5) is 10.9. The first-order valence-electron chi connectivity index (χ1n) is 8.34. The third-order valence-electron chi connectivity index (χ3n) is 4.31. The molecule has 0 aliphatic rings. The Morgan fingerprint density at radius 1 is 0.731 bits per heavy atom. The summed E-state index contributed by atoms with van der Waals surface area (Å²) in [5.41, 5.74) is 1.17. The van der Waals surface area contributed by atoms with E-state index in [1.807, 2.05) is 42.5 Å². The van der Waals surface area contributed by atoms with Crippen LogP contribution in [0.3, 0.4) is 0 Å². The number of rotatable bonds is 3. The van der Waals surface area contributed by atoms with Crippen LogP contribution in [0.2, 0.25) is 0 Å². The molecule has 5 aromatic rings. The number of nitrogens with zero attached hydrogens (tertiary/aromatic N) is 2. The largest absolute Gasteiger partial charge is 0.438 e. The third-order valence-corrected chi connectivity index (χ3v) is 5.40. The number of ether oxygens (including phenoxy) is 1. The van der Waals surface area contributed by atoms with Crippen molar-refractivity contribution < 1.29 is 4.74 Å². The highest BCUT2D eigenvalue weighted by Crippen LogP contribution is 2.38. The zero-order valence-electron chi connectivity index (χ0n) is 13.8. The molecule has 0 bridgehead atoms. The van der Waals surface area contributed by atoms with Crippen LogP contribution in [0.25, 0.3) is 31.4 Å². The van der Waals surface area contributed by atoms with E-state index in [0.717, 1.165) is 31.6 Å². The van der Waals surface area contributed by atoms with Gasteiger partial charge in [0.2, 0.25) is 5.88 Å². The molecule has 0 saturated heterocycles. The molecule has 0 spiro atoms. The third kappa shape index (κ3) is 2.61. The van der Waals surface area contributed by atoms with Crippen LogP contribution in [-0.4, -0.2) is 9.97 Å². The SMILES string of the molecule is c1ccc(-c2cc3c(Oc4cccc5ccccc45)ncnc3s2)cc1. The molecular weight excluding hydrogens is 340 g/mol. The summed E-state index contributed by atoms with van der Waals surface area (Å²) in [5, 5.41) is 3.15. The maximum Gasteiger partial charge on any atom is 0.231 e. The first kappa shape index (κ1) is 15.0. The van der Waals surface area contributed by atoms with Crippen LogP contribution in [0, 0.1) is 0 Å². The first-order valence-corrected chi connectivity index (χ1v) is 9.16. The zero-order chi connectivity index (χ0) is 17.3. The van der Waals surface area contributed by atoms with Crippen LogP contribution >= 0.6 is 11.3 Å². The van der Waals surface area contributed by atoms with Crippen LogP contribution in [0.15, 0.2) is 85.2 Å². The molecule has 4 heteroatoms. The lowest BCUT2D eigenvalue weighted by atomic mass is 10.1. The Hall–Kier alpha value is -3.24. The molecule has 0 aliphatic heterocycles. The van der Waals surface area contributed by atoms with Gasteiger partial charge in [0.1, 0.15) is 16.9 Å². The van der Waals surface area contributed by atoms with Crippen molar-refractivity contribution in [3.05, 3.63) is 85.2 Å². The van der Waals surface area contributed by atoms with Crippen LogP contribution < -0.4 is 4.74 Å². The van der Waals surface area contributed by atoms with E-state index in [4.69, 9.17) is 4.74 Å². The quantitative estimate of drug-likeness (QED) is 0.381. The van der Waals surface area contributed by atoms with Crippen molar-refractivity contribution in [1.82, 2.24) is 9.97 Å². The molecule has 2 heterocycles. The van der Waals surface area contributed by atoms with Crippen LogP contribution in [-0.2, 0) is 0 Å². The summed E-state index contributed by atoms with van der Waals surface area (Å²) in [6, 6.07) is 26.6. The van der Waals surface area contributed by atoms with Gasteiger partial charge in [0.05, 0.1) is 5.39 Å². The molecule has 2 aromatic heterocycles. The van der Waals surface area contributed by atoms with Crippen molar-refractivity contribution in [2.24, 2.45) is 0 Å². The molecule has 0 saturated carbocycles. The highest BCUT2D eigenvalue weighted by molar-refractivity contribution is 7.21. The number of benzene rings is 3. The molecule has 0 unspecified atom stereocenters. The second kappa shape index (κ2) is 6.24. The van der Waals surface area contributed by atoms with Gasteiger partial charge >= 0.3 is 0 Å². The van der Waals surface area contributed by atoms with Crippen molar-refractivity contribution in [1.29, 1.82) is 0 Å². The molecular formula is C22H14N2OS. The van der Waals surface area contributed by atoms with Gasteiger partial charge < -0.3 is 4.74 Å². The van der Waals surface area contributed by atoms with Crippen molar-refractivity contribution in [2.75, 3.05) is 0 Å². The number of hydrogen-bond donors (Lipinski definition) is 0. The Bertz CT molecular complexity index is 1210. The number of fused-ring (bicyclic) bond motifs is 2. The molecule has 124 valence electrons. The second-order valence-corrected chi connectivity index (χ2v) is 6.98. The van der Waals surface area contributed by atoms with E-state index in [1.54, 1.807) is 17.7 Å². The Kier molecular flexibility index (Phi) is 3.61. The minimum atomic E-state index is 0.588. The molecule has 0 amide bonds. The average Bonchev–Trinajstić information content (AvgIpc) is 3.14. The monoisotopic (exact) mass is 354 g/mol. The van der Waals surface area contributed by atoms with E-state index in [2.05, 4.69) is 46.4 Å². The van der Waals surface area contributed by atoms with Gasteiger partial charge in [-0.15, -0.1) is 11.3 Å². The molecule has 0 atom stereocenters. The van der Waals surface area contributed by atoms with E-state index in [1.165, 1.54) is 5.56 Å². The molecule has 0 N–H and O–H groups in total. The minimum absolute atomic E-state index is 0.588. The Balaban J connectivity index is 1.62. The standard InChI is InChI=1S/C22H14N2OS/c1-2-8-16(9-3-1)20-13-18-21(23-14-24-22(18)26-20)25-19-12-6-10-15-7-4-5-11-17(15)19/h1-14H. The molecule has 0 fully saturated rings. The van der Waals surface area contributed by atoms with E-state index in [-0.39, 0.29) is 0 Å². The van der Waals surface area contributed by atoms with Gasteiger partial charge in [-0.1, -0.05) is 66.7 Å². The van der Waals surface area contributed by atoms with Gasteiger partial charge in [0.15, 0.2) is 0 Å². The lowest BCUT2D eigenvalue weighted by Gasteiger charge is -2.08. The fraction of sp³-hybridized carbons (Fsp3) is 0. The van der Waals surface area contributed by atoms with Crippen molar-refractivity contribution in [3.8, 4) is 22.1 Å². The molecule has 0 aliphatic carbocycles. The van der Waals surface area contributed by atoms with E-state index in [0.29, 0.717) is 5.88 Å². The summed E-state index contributed by atoms with van der Waals surface area (Å²) in [6.07, 6.45) is 1.56. The number of thiophene rings is 1. The van der Waals surface area contributed by atoms with Crippen molar-refractivity contribution in [2.45, 2.75) is 0 Å². The molecule has 3 nitrogen and oxygen atoms in total. The van der Waals surface area contributed by atoms with Gasteiger partial charge in [0.25, 0.3) is 0 Å². The maximum atomic E-state index is 6.21. The highest BCUT2D eigenvalue weighted by atomic mass is 32.1. The van der Waals surface area contributed by atoms with E-state index in [9.17, 15) is 0 Å². The number of hydrogen-bond acceptors (Lipinski definition) is 4. The molecule has 3 aromatic carbocycles. The lowest BCUT2D eigenvalue weighted by Crippen LogP contribution is -1.90. The molecule has 5 rings (SSSR count). The van der Waals surface area contributed by atoms with Crippen LogP contribution in [0.1, 0.15) is 0 Å². The summed E-state index contributed by atoms with van der Waals surface area (Å²) in [7, 11) is 0. The van der Waals surface area contributed by atoms with Gasteiger partial charge in [-0.2, -0.15) is 0 Å². The van der Waals surface area contributed by atoms with Crippen molar-refractivity contribution >= 4 is 32.3 Å². The predicted molar refractivity (Wildman–Crippen MR) is 107 cm³/mol. The molecule has 26 heavy (non-hydrogen) atoms. The summed E-state index contributed by atoms with van der Waals surface area (Å²) >= 11 is 1.65. The highest BCUT2D eigenvalue weighted by Gasteiger charge is 2.12. The maximum absolute atomic E-state index is 6.21. The smallest absolute Gasteiger partial charge is 0.231 e. The summed E-state index contributed by atoms with van der Waals surface area (Å²) in [5.74, 6) is 1.39. The van der Waals surface area contributed by atoms with Crippen LogP contribution in [0.4, 0.5) is 0 Å². The summed E-state index contributed by atoms with van der Waals surface area (Å²) in [6.45, 7) is 0. The van der Waals surface area contributed by atoms with Gasteiger partial charge in [0, 0.05) is 10.3 Å². The fourth-order valence-corrected chi connectivity index (χ4v) is 4.04. The van der Waals surface area contributed by atoms with Gasteiger partial charge in [-0.3, -0.25) is 0 Å². The van der Waals surface area contributed by atoms with Gasteiger partial charge in [-0.25, -0.2) is 9.97 Å². The van der Waals surface area contributed by atoms with Crippen LogP contribution in [0.5, 0.6) is 11.6 Å². The average molecular weight is 354 g/mol. The topological polar surface area (TPSA) is 35.0 Å². The summed E-state index contributed by atoms with van der Waals surface area (Å²) < 4.78 is 6.21. The first-order chi connectivity index (χ1) is 12.9. The van der Waals surface area contributed by atoms with Crippen molar-refractivity contribution in [3.63, 3.8) is 0 Å². The van der Waals surface area contributed by atoms with E-state index < -0.39 is 0 Å². The predicted octanol–water partition coefficient (Wildman–Crippen LogP) is 6.30. The minimum Gasteiger partial charge on any atom is -0.438 e. The Morgan fingerprint density at radius 3 is 2.46 bits per heavy atom. The molecule has 0 radical (unpaired) electrons. The second-order valence-electron chi connectivity index (χ2n) is 5.95. The normalized spacial score (nSPS) is 11.1. The zero-order valence-corrected chi connectivity index (χ0v) is 14.6. The Morgan fingerprint density at radius 2 is 1.54 bits per heavy atom. The van der Waals surface area contributed by atoms with Gasteiger partial charge in [-0.05, 0) is 23.1 Å². The Labute approximate surface area is 154 Å². The lowest BCUT2D eigenvalue weighted by molar-refractivity contribution is 0.474.